The molecule has 0 unspecified atom stereocenters. The Kier molecular flexibility index (Phi) is 5.37. The summed E-state index contributed by atoms with van der Waals surface area (Å²) in [5.74, 6) is 2.02. The normalized spacial score (nSPS) is 22.7. The maximum absolute atomic E-state index is 15.2. The molecule has 4 heterocycles. The molecule has 5 rings (SSSR count). The number of aliphatic hydroxyl groups excluding tert-OH is 1. The van der Waals surface area contributed by atoms with Crippen molar-refractivity contribution < 1.29 is 9.50 Å². The first-order valence-electron chi connectivity index (χ1n) is 11.5. The SMILES string of the molecule is Cc1nc(N2CC(O)C2)cc(-n2ncc3cc(C)c([C@@H]4CCN(C(C)C)C[C@@H]4F)cc32)n1. The molecule has 3 aromatic rings. The summed E-state index contributed by atoms with van der Waals surface area (Å²) in [4.78, 5) is 13.4. The average Bonchev–Trinajstić information content (AvgIpc) is 3.13. The van der Waals surface area contributed by atoms with E-state index in [2.05, 4.69) is 52.9 Å². The van der Waals surface area contributed by atoms with Gasteiger partial charge in [-0.2, -0.15) is 5.10 Å². The number of likely N-dealkylation sites (tertiary alicyclic amines) is 1. The number of rotatable bonds is 4. The third-order valence-electron chi connectivity index (χ3n) is 6.87. The van der Waals surface area contributed by atoms with Crippen LogP contribution < -0.4 is 4.90 Å². The highest BCUT2D eigenvalue weighted by atomic mass is 19.1. The van der Waals surface area contributed by atoms with Gasteiger partial charge in [0.05, 0.1) is 17.8 Å². The zero-order chi connectivity index (χ0) is 22.6. The fraction of sp³-hybridized carbons (Fsp3) is 0.542. The van der Waals surface area contributed by atoms with Crippen LogP contribution in [0.25, 0.3) is 16.7 Å². The minimum atomic E-state index is -0.885. The Morgan fingerprint density at radius 1 is 1.06 bits per heavy atom. The van der Waals surface area contributed by atoms with E-state index >= 15 is 4.39 Å². The molecule has 2 aliphatic heterocycles. The number of hydrogen-bond donors (Lipinski definition) is 1. The van der Waals surface area contributed by atoms with Crippen LogP contribution in [0.1, 0.15) is 43.1 Å². The summed E-state index contributed by atoms with van der Waals surface area (Å²) in [6.45, 7) is 10.7. The van der Waals surface area contributed by atoms with E-state index < -0.39 is 6.17 Å². The molecule has 1 aromatic carbocycles. The highest BCUT2D eigenvalue weighted by molar-refractivity contribution is 5.82. The second-order valence-corrected chi connectivity index (χ2v) is 9.51. The zero-order valence-corrected chi connectivity index (χ0v) is 19.2. The van der Waals surface area contributed by atoms with Gasteiger partial charge < -0.3 is 10.0 Å². The molecule has 2 fully saturated rings. The summed E-state index contributed by atoms with van der Waals surface area (Å²) in [6, 6.07) is 6.48. The minimum Gasteiger partial charge on any atom is -0.389 e. The van der Waals surface area contributed by atoms with Crippen LogP contribution >= 0.6 is 0 Å². The zero-order valence-electron chi connectivity index (χ0n) is 19.2. The molecule has 0 spiro atoms. The van der Waals surface area contributed by atoms with Crippen LogP contribution in [-0.4, -0.2) is 74.3 Å². The topological polar surface area (TPSA) is 70.3 Å². The summed E-state index contributed by atoms with van der Waals surface area (Å²) in [5, 5.41) is 15.3. The van der Waals surface area contributed by atoms with Gasteiger partial charge in [-0.1, -0.05) is 0 Å². The highest BCUT2D eigenvalue weighted by Crippen LogP contribution is 2.35. The van der Waals surface area contributed by atoms with Crippen molar-refractivity contribution in [3.8, 4) is 5.82 Å². The molecule has 8 heteroatoms. The Balaban J connectivity index is 1.52. The standard InChI is InChI=1S/C24H31FN6O/c1-14(2)29-6-5-19(21(25)13-29)20-8-22-17(7-15(20)3)10-26-31(22)24-9-23(27-16(4)28-24)30-11-18(32)12-30/h7-10,14,18-19,21,32H,5-6,11-13H2,1-4H3/t19-,21-/m0/s1. The summed E-state index contributed by atoms with van der Waals surface area (Å²) in [7, 11) is 0. The van der Waals surface area contributed by atoms with E-state index in [1.54, 1.807) is 0 Å². The smallest absolute Gasteiger partial charge is 0.159 e. The van der Waals surface area contributed by atoms with Crippen LogP contribution in [-0.2, 0) is 0 Å². The highest BCUT2D eigenvalue weighted by Gasteiger charge is 2.32. The van der Waals surface area contributed by atoms with Gasteiger partial charge in [-0.25, -0.2) is 19.0 Å². The average molecular weight is 439 g/mol. The van der Waals surface area contributed by atoms with E-state index in [4.69, 9.17) is 0 Å². The van der Waals surface area contributed by atoms with Gasteiger partial charge in [0.2, 0.25) is 0 Å². The number of benzene rings is 1. The second kappa shape index (κ2) is 8.08. The van der Waals surface area contributed by atoms with Crippen molar-refractivity contribution in [1.29, 1.82) is 0 Å². The molecule has 0 amide bonds. The number of aryl methyl sites for hydroxylation is 2. The van der Waals surface area contributed by atoms with Crippen LogP contribution in [0, 0.1) is 13.8 Å². The number of hydrogen-bond acceptors (Lipinski definition) is 6. The number of β-amino-alcohol motifs (C(OH)–C–C–N with tert-alkyl or cyclic N) is 1. The Morgan fingerprint density at radius 2 is 1.81 bits per heavy atom. The second-order valence-electron chi connectivity index (χ2n) is 9.51. The molecule has 0 aliphatic carbocycles. The molecular formula is C24H31FN6O. The first-order valence-corrected chi connectivity index (χ1v) is 11.5. The summed E-state index contributed by atoms with van der Waals surface area (Å²) >= 11 is 0. The van der Waals surface area contributed by atoms with E-state index in [-0.39, 0.29) is 12.0 Å². The van der Waals surface area contributed by atoms with Crippen molar-refractivity contribution in [3.05, 3.63) is 41.3 Å². The number of aromatic nitrogens is 4. The molecule has 2 atom stereocenters. The molecule has 0 bridgehead atoms. The summed E-state index contributed by atoms with van der Waals surface area (Å²) in [5.41, 5.74) is 3.10. The van der Waals surface area contributed by atoms with E-state index in [1.165, 1.54) is 0 Å². The number of alkyl halides is 1. The van der Waals surface area contributed by atoms with Gasteiger partial charge >= 0.3 is 0 Å². The molecule has 0 saturated carbocycles. The maximum Gasteiger partial charge on any atom is 0.159 e. The van der Waals surface area contributed by atoms with Crippen LogP contribution in [0.15, 0.2) is 24.4 Å². The molecule has 1 N–H and O–H groups in total. The van der Waals surface area contributed by atoms with Gasteiger partial charge in [-0.05, 0) is 63.9 Å². The van der Waals surface area contributed by atoms with Crippen molar-refractivity contribution in [2.24, 2.45) is 0 Å². The molecule has 2 aliphatic rings. The number of fused-ring (bicyclic) bond motifs is 1. The van der Waals surface area contributed by atoms with E-state index in [9.17, 15) is 5.11 Å². The molecule has 0 radical (unpaired) electrons. The van der Waals surface area contributed by atoms with Gasteiger partial charge in [0.15, 0.2) is 5.82 Å². The summed E-state index contributed by atoms with van der Waals surface area (Å²) in [6.07, 6.45) is 1.46. The number of nitrogens with zero attached hydrogens (tertiary/aromatic N) is 6. The summed E-state index contributed by atoms with van der Waals surface area (Å²) < 4.78 is 17.1. The van der Waals surface area contributed by atoms with E-state index in [0.717, 1.165) is 40.8 Å². The van der Waals surface area contributed by atoms with Gasteiger partial charge in [-0.3, -0.25) is 4.90 Å². The lowest BCUT2D eigenvalue weighted by atomic mass is 9.84. The quantitative estimate of drug-likeness (QED) is 0.675. The Labute approximate surface area is 187 Å². The van der Waals surface area contributed by atoms with Crippen LogP contribution in [0.5, 0.6) is 0 Å². The molecule has 2 saturated heterocycles. The Bertz CT molecular complexity index is 1140. The number of aliphatic hydroxyl groups is 1. The molecule has 170 valence electrons. The third-order valence-corrected chi connectivity index (χ3v) is 6.87. The number of piperidine rings is 1. The Hall–Kier alpha value is -2.58. The van der Waals surface area contributed by atoms with Gasteiger partial charge in [0.25, 0.3) is 0 Å². The lowest BCUT2D eigenvalue weighted by Crippen LogP contribution is -2.51. The van der Waals surface area contributed by atoms with Crippen molar-refractivity contribution in [2.75, 3.05) is 31.1 Å². The molecular weight excluding hydrogens is 407 g/mol. The largest absolute Gasteiger partial charge is 0.389 e. The predicted molar refractivity (Wildman–Crippen MR) is 123 cm³/mol. The van der Waals surface area contributed by atoms with Crippen molar-refractivity contribution >= 4 is 16.7 Å². The number of anilines is 1. The fourth-order valence-electron chi connectivity index (χ4n) is 4.98. The van der Waals surface area contributed by atoms with E-state index in [0.29, 0.717) is 37.3 Å². The molecule has 7 nitrogen and oxygen atoms in total. The van der Waals surface area contributed by atoms with Crippen molar-refractivity contribution in [3.63, 3.8) is 0 Å². The fourth-order valence-corrected chi connectivity index (χ4v) is 4.98. The monoisotopic (exact) mass is 438 g/mol. The van der Waals surface area contributed by atoms with Crippen molar-refractivity contribution in [1.82, 2.24) is 24.6 Å². The lowest BCUT2D eigenvalue weighted by molar-refractivity contribution is 0.0938. The first-order chi connectivity index (χ1) is 15.3. The van der Waals surface area contributed by atoms with Crippen LogP contribution in [0.2, 0.25) is 0 Å². The lowest BCUT2D eigenvalue weighted by Gasteiger charge is -2.37. The first kappa shape index (κ1) is 21.3. The van der Waals surface area contributed by atoms with Crippen LogP contribution in [0.4, 0.5) is 10.2 Å². The van der Waals surface area contributed by atoms with Gasteiger partial charge in [0.1, 0.15) is 17.8 Å². The van der Waals surface area contributed by atoms with Gasteiger partial charge in [0, 0.05) is 43.0 Å². The molecule has 32 heavy (non-hydrogen) atoms. The van der Waals surface area contributed by atoms with Gasteiger partial charge in [-0.15, -0.1) is 0 Å². The van der Waals surface area contributed by atoms with Crippen molar-refractivity contribution in [2.45, 2.75) is 58.4 Å². The third kappa shape index (κ3) is 3.75. The van der Waals surface area contributed by atoms with Crippen LogP contribution in [0.3, 0.4) is 0 Å². The molecule has 2 aromatic heterocycles. The van der Waals surface area contributed by atoms with E-state index in [1.807, 2.05) is 28.8 Å². The Morgan fingerprint density at radius 3 is 2.50 bits per heavy atom. The number of halogens is 1. The predicted octanol–water partition coefficient (Wildman–Crippen LogP) is 3.15. The minimum absolute atomic E-state index is 0.108. The maximum atomic E-state index is 15.2.